The second-order valence-electron chi connectivity index (χ2n) is 6.75. The van der Waals surface area contributed by atoms with Gasteiger partial charge in [-0.1, -0.05) is 23.9 Å². The molecule has 0 aliphatic heterocycles. The molecule has 2 aromatic heterocycles. The second kappa shape index (κ2) is 8.27. The highest BCUT2D eigenvalue weighted by Gasteiger charge is 2.17. The van der Waals surface area contributed by atoms with E-state index in [2.05, 4.69) is 18.0 Å². The lowest BCUT2D eigenvalue weighted by Gasteiger charge is -2.19. The van der Waals surface area contributed by atoms with Crippen molar-refractivity contribution in [3.05, 3.63) is 56.5 Å². The number of hydrogen-bond acceptors (Lipinski definition) is 5. The van der Waals surface area contributed by atoms with E-state index in [1.165, 1.54) is 22.2 Å². The van der Waals surface area contributed by atoms with E-state index in [0.29, 0.717) is 22.6 Å². The van der Waals surface area contributed by atoms with Gasteiger partial charge in [0.1, 0.15) is 0 Å². The highest BCUT2D eigenvalue weighted by atomic mass is 32.2. The summed E-state index contributed by atoms with van der Waals surface area (Å²) >= 11 is 2.98. The van der Waals surface area contributed by atoms with E-state index < -0.39 is 0 Å². The maximum Gasteiger partial charge on any atom is 0.262 e. The fourth-order valence-electron chi connectivity index (χ4n) is 2.79. The molecular formula is C20H23N3O2S2. The molecule has 0 fully saturated rings. The van der Waals surface area contributed by atoms with Gasteiger partial charge < -0.3 is 4.90 Å². The maximum atomic E-state index is 12.8. The Morgan fingerprint density at radius 2 is 2.04 bits per heavy atom. The molecule has 0 N–H and O–H groups in total. The topological polar surface area (TPSA) is 55.2 Å². The Morgan fingerprint density at radius 3 is 2.70 bits per heavy atom. The number of aromatic nitrogens is 2. The van der Waals surface area contributed by atoms with Gasteiger partial charge in [-0.25, -0.2) is 4.98 Å². The molecule has 1 aromatic carbocycles. The summed E-state index contributed by atoms with van der Waals surface area (Å²) in [5.41, 5.74) is 1.81. The van der Waals surface area contributed by atoms with Crippen molar-refractivity contribution < 1.29 is 4.79 Å². The van der Waals surface area contributed by atoms with Gasteiger partial charge in [0.05, 0.1) is 23.2 Å². The molecule has 5 nitrogen and oxygen atoms in total. The van der Waals surface area contributed by atoms with Crippen LogP contribution in [-0.2, 0) is 11.3 Å². The minimum absolute atomic E-state index is 0.0190. The summed E-state index contributed by atoms with van der Waals surface area (Å²) in [5, 5.41) is 3.23. The van der Waals surface area contributed by atoms with Crippen molar-refractivity contribution >= 4 is 39.9 Å². The van der Waals surface area contributed by atoms with E-state index in [-0.39, 0.29) is 23.3 Å². The van der Waals surface area contributed by atoms with Crippen LogP contribution < -0.4 is 5.56 Å². The molecule has 0 unspecified atom stereocenters. The molecule has 0 bridgehead atoms. The number of amides is 1. The van der Waals surface area contributed by atoms with E-state index in [1.807, 2.05) is 44.5 Å². The smallest absolute Gasteiger partial charge is 0.262 e. The first-order chi connectivity index (χ1) is 12.9. The molecule has 142 valence electrons. The van der Waals surface area contributed by atoms with Crippen LogP contribution in [0.2, 0.25) is 0 Å². The third-order valence-corrected chi connectivity index (χ3v) is 6.34. The van der Waals surface area contributed by atoms with E-state index in [4.69, 9.17) is 0 Å². The van der Waals surface area contributed by atoms with Crippen molar-refractivity contribution in [1.29, 1.82) is 0 Å². The molecule has 27 heavy (non-hydrogen) atoms. The Labute approximate surface area is 167 Å². The van der Waals surface area contributed by atoms with Crippen LogP contribution in [0.1, 0.15) is 30.3 Å². The van der Waals surface area contributed by atoms with Crippen LogP contribution in [0, 0.1) is 6.92 Å². The summed E-state index contributed by atoms with van der Waals surface area (Å²) < 4.78 is 1.67. The van der Waals surface area contributed by atoms with E-state index in [1.54, 1.807) is 26.9 Å². The Hall–Kier alpha value is -2.12. The number of carbonyl (C=O) groups is 1. The fraction of sp³-hybridized carbons (Fsp3) is 0.350. The van der Waals surface area contributed by atoms with E-state index in [0.717, 1.165) is 0 Å². The normalized spacial score (nSPS) is 11.3. The lowest BCUT2D eigenvalue weighted by Crippen LogP contribution is -2.29. The summed E-state index contributed by atoms with van der Waals surface area (Å²) in [6.07, 6.45) is 0. The number of carbonyl (C=O) groups excluding carboxylic acids is 1. The van der Waals surface area contributed by atoms with Crippen LogP contribution in [0.25, 0.3) is 10.9 Å². The van der Waals surface area contributed by atoms with Crippen molar-refractivity contribution in [2.24, 2.45) is 0 Å². The lowest BCUT2D eigenvalue weighted by molar-refractivity contribution is -0.127. The number of thioether (sulfide) groups is 1. The van der Waals surface area contributed by atoms with Crippen molar-refractivity contribution in [2.45, 2.75) is 38.5 Å². The van der Waals surface area contributed by atoms with Gasteiger partial charge in [0.15, 0.2) is 5.16 Å². The molecule has 0 atom stereocenters. The SMILES string of the molecule is Cc1ccsc1CN(C)C(=O)CSc1nc2ccccc2c(=O)n1C(C)C. The van der Waals surface area contributed by atoms with E-state index in [9.17, 15) is 9.59 Å². The Balaban J connectivity index is 1.80. The van der Waals surface area contributed by atoms with Crippen LogP contribution in [0.15, 0.2) is 45.7 Å². The van der Waals surface area contributed by atoms with Crippen LogP contribution in [0.3, 0.4) is 0 Å². The predicted molar refractivity (Wildman–Crippen MR) is 113 cm³/mol. The number of benzene rings is 1. The van der Waals surface area contributed by atoms with Gasteiger partial charge in [-0.3, -0.25) is 14.2 Å². The van der Waals surface area contributed by atoms with Crippen LogP contribution >= 0.6 is 23.1 Å². The second-order valence-corrected chi connectivity index (χ2v) is 8.69. The number of hydrogen-bond donors (Lipinski definition) is 0. The molecule has 0 radical (unpaired) electrons. The molecule has 7 heteroatoms. The highest BCUT2D eigenvalue weighted by molar-refractivity contribution is 7.99. The largest absolute Gasteiger partial charge is 0.340 e. The molecule has 0 aliphatic rings. The number of aryl methyl sites for hydroxylation is 1. The summed E-state index contributed by atoms with van der Waals surface area (Å²) in [6, 6.07) is 9.37. The minimum atomic E-state index is -0.0619. The number of fused-ring (bicyclic) bond motifs is 1. The highest BCUT2D eigenvalue weighted by Crippen LogP contribution is 2.22. The number of rotatable bonds is 6. The zero-order chi connectivity index (χ0) is 19.6. The summed E-state index contributed by atoms with van der Waals surface area (Å²) in [6.45, 7) is 6.56. The zero-order valence-electron chi connectivity index (χ0n) is 15.9. The summed E-state index contributed by atoms with van der Waals surface area (Å²) in [4.78, 5) is 33.0. The first-order valence-electron chi connectivity index (χ1n) is 8.79. The van der Waals surface area contributed by atoms with Gasteiger partial charge >= 0.3 is 0 Å². The molecular weight excluding hydrogens is 378 g/mol. The Kier molecular flexibility index (Phi) is 6.01. The quantitative estimate of drug-likeness (QED) is 0.461. The first-order valence-corrected chi connectivity index (χ1v) is 10.7. The third kappa shape index (κ3) is 4.25. The molecule has 0 saturated carbocycles. The molecule has 2 heterocycles. The number of thiophene rings is 1. The molecule has 0 saturated heterocycles. The number of para-hydroxylation sites is 1. The van der Waals surface area contributed by atoms with Gasteiger partial charge in [-0.2, -0.15) is 0 Å². The van der Waals surface area contributed by atoms with Gasteiger partial charge in [0, 0.05) is 18.0 Å². The first kappa shape index (κ1) is 19.6. The summed E-state index contributed by atoms with van der Waals surface area (Å²) in [7, 11) is 1.81. The van der Waals surface area contributed by atoms with Crippen molar-refractivity contribution in [3.63, 3.8) is 0 Å². The lowest BCUT2D eigenvalue weighted by atomic mass is 10.2. The fourth-order valence-corrected chi connectivity index (χ4v) is 4.82. The molecule has 3 aromatic rings. The monoisotopic (exact) mass is 401 g/mol. The van der Waals surface area contributed by atoms with Gasteiger partial charge in [-0.15, -0.1) is 11.3 Å². The molecule has 0 spiro atoms. The predicted octanol–water partition coefficient (Wildman–Crippen LogP) is 4.10. The Morgan fingerprint density at radius 1 is 1.30 bits per heavy atom. The van der Waals surface area contributed by atoms with Crippen LogP contribution in [0.5, 0.6) is 0 Å². The molecule has 0 aliphatic carbocycles. The standard InChI is InChI=1S/C20H23N3O2S2/c1-13(2)23-19(25)15-7-5-6-8-16(15)21-20(23)27-12-18(24)22(4)11-17-14(3)9-10-26-17/h5-10,13H,11-12H2,1-4H3. The maximum absolute atomic E-state index is 12.8. The van der Waals surface area contributed by atoms with Crippen molar-refractivity contribution in [3.8, 4) is 0 Å². The molecule has 3 rings (SSSR count). The average molecular weight is 402 g/mol. The zero-order valence-corrected chi connectivity index (χ0v) is 17.6. The van der Waals surface area contributed by atoms with Crippen molar-refractivity contribution in [2.75, 3.05) is 12.8 Å². The third-order valence-electron chi connectivity index (χ3n) is 4.39. The number of nitrogens with zero attached hydrogens (tertiary/aromatic N) is 3. The average Bonchev–Trinajstić information content (AvgIpc) is 3.04. The van der Waals surface area contributed by atoms with Crippen molar-refractivity contribution in [1.82, 2.24) is 14.5 Å². The van der Waals surface area contributed by atoms with Gasteiger partial charge in [0.25, 0.3) is 5.56 Å². The Bertz CT molecular complexity index is 1020. The van der Waals surface area contributed by atoms with E-state index >= 15 is 0 Å². The van der Waals surface area contributed by atoms with Gasteiger partial charge in [0.2, 0.25) is 5.91 Å². The van der Waals surface area contributed by atoms with Gasteiger partial charge in [-0.05, 0) is 49.9 Å². The minimum Gasteiger partial charge on any atom is -0.340 e. The summed E-state index contributed by atoms with van der Waals surface area (Å²) in [5.74, 6) is 0.267. The van der Waals surface area contributed by atoms with Crippen LogP contribution in [-0.4, -0.2) is 33.2 Å². The molecule has 1 amide bonds. The van der Waals surface area contributed by atoms with Crippen LogP contribution in [0.4, 0.5) is 0 Å².